The van der Waals surface area contributed by atoms with Crippen molar-refractivity contribution >= 4 is 27.5 Å². The quantitative estimate of drug-likeness (QED) is 0.833. The van der Waals surface area contributed by atoms with Crippen LogP contribution in [0.4, 0.5) is 0 Å². The first kappa shape index (κ1) is 16.0. The molecule has 8 heteroatoms. The van der Waals surface area contributed by atoms with E-state index in [2.05, 4.69) is 5.43 Å². The molecule has 0 aliphatic rings. The number of carbonyl (C=O) groups is 1. The van der Waals surface area contributed by atoms with E-state index in [0.29, 0.717) is 0 Å². The van der Waals surface area contributed by atoms with Crippen molar-refractivity contribution in [3.8, 4) is 6.07 Å². The normalized spacial score (nSPS) is 10.7. The summed E-state index contributed by atoms with van der Waals surface area (Å²) in [5.74, 6) is -0.705. The Kier molecular flexibility index (Phi) is 4.78. The van der Waals surface area contributed by atoms with Crippen molar-refractivity contribution in [3.05, 3.63) is 64.7 Å². The average molecular weight is 336 g/mol. The van der Waals surface area contributed by atoms with E-state index in [1.54, 1.807) is 24.3 Å². The van der Waals surface area contributed by atoms with Crippen LogP contribution in [-0.2, 0) is 10.0 Å². The molecule has 0 bridgehead atoms. The standard InChI is InChI=1S/C14H10ClN3O3S/c15-12-7-3-2-6-11(12)14(19)17-18-22(20,21)13-8-4-1-5-10(13)9-16/h1-8,18H,(H,17,19). The summed E-state index contributed by atoms with van der Waals surface area (Å²) >= 11 is 5.85. The second kappa shape index (κ2) is 6.58. The highest BCUT2D eigenvalue weighted by molar-refractivity contribution is 7.89. The Morgan fingerprint density at radius 3 is 2.41 bits per heavy atom. The number of hydrazine groups is 1. The van der Waals surface area contributed by atoms with Gasteiger partial charge in [0.15, 0.2) is 0 Å². The highest BCUT2D eigenvalue weighted by atomic mass is 35.5. The maximum Gasteiger partial charge on any atom is 0.267 e. The van der Waals surface area contributed by atoms with Crippen molar-refractivity contribution in [2.45, 2.75) is 4.90 Å². The highest BCUT2D eigenvalue weighted by Gasteiger charge is 2.19. The summed E-state index contributed by atoms with van der Waals surface area (Å²) in [6.45, 7) is 0. The maximum absolute atomic E-state index is 12.1. The van der Waals surface area contributed by atoms with E-state index in [4.69, 9.17) is 16.9 Å². The Morgan fingerprint density at radius 1 is 1.09 bits per heavy atom. The lowest BCUT2D eigenvalue weighted by molar-refractivity contribution is 0.0945. The molecule has 0 unspecified atom stereocenters. The fourth-order valence-corrected chi connectivity index (χ4v) is 2.89. The Balaban J connectivity index is 2.19. The number of rotatable bonds is 4. The molecule has 6 nitrogen and oxygen atoms in total. The van der Waals surface area contributed by atoms with E-state index in [1.165, 1.54) is 30.3 Å². The SMILES string of the molecule is N#Cc1ccccc1S(=O)(=O)NNC(=O)c1ccccc1Cl. The van der Waals surface area contributed by atoms with Crippen LogP contribution >= 0.6 is 11.6 Å². The molecule has 2 aromatic rings. The number of benzene rings is 2. The van der Waals surface area contributed by atoms with Gasteiger partial charge in [0.1, 0.15) is 11.0 Å². The Labute approximate surface area is 132 Å². The predicted molar refractivity (Wildman–Crippen MR) is 80.4 cm³/mol. The van der Waals surface area contributed by atoms with Gasteiger partial charge in [-0.1, -0.05) is 35.9 Å². The minimum atomic E-state index is -4.07. The molecule has 0 fully saturated rings. The van der Waals surface area contributed by atoms with Crippen LogP contribution in [0.5, 0.6) is 0 Å². The third kappa shape index (κ3) is 3.43. The summed E-state index contributed by atoms with van der Waals surface area (Å²) in [5.41, 5.74) is 2.16. The number of nitrogens with one attached hydrogen (secondary N) is 2. The topological polar surface area (TPSA) is 99.1 Å². The molecule has 0 aliphatic carbocycles. The largest absolute Gasteiger partial charge is 0.273 e. The predicted octanol–water partition coefficient (Wildman–Crippen LogP) is 1.83. The van der Waals surface area contributed by atoms with Crippen molar-refractivity contribution in [1.29, 1.82) is 5.26 Å². The zero-order chi connectivity index (χ0) is 16.2. The summed E-state index contributed by atoms with van der Waals surface area (Å²) in [6, 6.07) is 13.6. The number of sulfonamides is 1. The van der Waals surface area contributed by atoms with Crippen molar-refractivity contribution < 1.29 is 13.2 Å². The van der Waals surface area contributed by atoms with Crippen LogP contribution in [0.1, 0.15) is 15.9 Å². The zero-order valence-corrected chi connectivity index (χ0v) is 12.6. The van der Waals surface area contributed by atoms with Crippen LogP contribution in [0, 0.1) is 11.3 Å². The first-order valence-electron chi connectivity index (χ1n) is 6.01. The molecule has 0 spiro atoms. The van der Waals surface area contributed by atoms with Crippen LogP contribution < -0.4 is 10.3 Å². The average Bonchev–Trinajstić information content (AvgIpc) is 2.53. The van der Waals surface area contributed by atoms with E-state index < -0.39 is 15.9 Å². The number of hydrogen-bond donors (Lipinski definition) is 2. The molecule has 112 valence electrons. The van der Waals surface area contributed by atoms with Gasteiger partial charge >= 0.3 is 0 Å². The highest BCUT2D eigenvalue weighted by Crippen LogP contribution is 2.15. The minimum absolute atomic E-state index is 0.0259. The lowest BCUT2D eigenvalue weighted by atomic mass is 10.2. The van der Waals surface area contributed by atoms with E-state index in [-0.39, 0.29) is 21.0 Å². The van der Waals surface area contributed by atoms with Gasteiger partial charge in [-0.25, -0.2) is 8.42 Å². The molecule has 2 rings (SSSR count). The molecule has 22 heavy (non-hydrogen) atoms. The second-order valence-electron chi connectivity index (χ2n) is 4.15. The van der Waals surface area contributed by atoms with Crippen LogP contribution in [0.2, 0.25) is 5.02 Å². The first-order chi connectivity index (χ1) is 10.5. The fraction of sp³-hybridized carbons (Fsp3) is 0. The molecule has 1 amide bonds. The van der Waals surface area contributed by atoms with Gasteiger partial charge in [0.2, 0.25) is 0 Å². The van der Waals surface area contributed by atoms with Gasteiger partial charge in [-0.3, -0.25) is 10.2 Å². The molecule has 2 aromatic carbocycles. The Hall–Kier alpha value is -2.40. The van der Waals surface area contributed by atoms with Crippen LogP contribution in [0.25, 0.3) is 0 Å². The minimum Gasteiger partial charge on any atom is -0.273 e. The van der Waals surface area contributed by atoms with Gasteiger partial charge in [0.05, 0.1) is 16.1 Å². The summed E-state index contributed by atoms with van der Waals surface area (Å²) in [6.07, 6.45) is 0. The van der Waals surface area contributed by atoms with E-state index in [9.17, 15) is 13.2 Å². The van der Waals surface area contributed by atoms with Crippen LogP contribution in [0.3, 0.4) is 0 Å². The lowest BCUT2D eigenvalue weighted by Crippen LogP contribution is -2.41. The lowest BCUT2D eigenvalue weighted by Gasteiger charge is -2.10. The second-order valence-corrected chi connectivity index (χ2v) is 6.21. The van der Waals surface area contributed by atoms with Crippen molar-refractivity contribution in [1.82, 2.24) is 10.3 Å². The molecule has 0 aromatic heterocycles. The van der Waals surface area contributed by atoms with Crippen LogP contribution in [-0.4, -0.2) is 14.3 Å². The van der Waals surface area contributed by atoms with Gasteiger partial charge in [0.25, 0.3) is 15.9 Å². The maximum atomic E-state index is 12.1. The van der Waals surface area contributed by atoms with Crippen LogP contribution in [0.15, 0.2) is 53.4 Å². The Bertz CT molecular complexity index is 860. The monoisotopic (exact) mass is 335 g/mol. The van der Waals surface area contributed by atoms with Gasteiger partial charge in [-0.15, -0.1) is 4.83 Å². The molecule has 0 aliphatic heterocycles. The first-order valence-corrected chi connectivity index (χ1v) is 7.87. The molecule has 0 saturated heterocycles. The number of halogens is 1. The van der Waals surface area contributed by atoms with Crippen molar-refractivity contribution in [2.75, 3.05) is 0 Å². The summed E-state index contributed by atoms with van der Waals surface area (Å²) in [5, 5.41) is 9.12. The summed E-state index contributed by atoms with van der Waals surface area (Å²) in [7, 11) is -4.07. The van der Waals surface area contributed by atoms with E-state index in [0.717, 1.165) is 0 Å². The number of nitriles is 1. The molecule has 0 saturated carbocycles. The number of amides is 1. The smallest absolute Gasteiger partial charge is 0.267 e. The van der Waals surface area contributed by atoms with Gasteiger partial charge < -0.3 is 0 Å². The number of hydrogen-bond acceptors (Lipinski definition) is 4. The van der Waals surface area contributed by atoms with E-state index >= 15 is 0 Å². The number of nitrogens with zero attached hydrogens (tertiary/aromatic N) is 1. The van der Waals surface area contributed by atoms with E-state index in [1.807, 2.05) is 4.83 Å². The summed E-state index contributed by atoms with van der Waals surface area (Å²) < 4.78 is 24.2. The fourth-order valence-electron chi connectivity index (χ4n) is 1.67. The third-order valence-corrected chi connectivity index (χ3v) is 4.35. The molecule has 2 N–H and O–H groups in total. The van der Waals surface area contributed by atoms with Gasteiger partial charge in [-0.05, 0) is 24.3 Å². The molecule has 0 radical (unpaired) electrons. The van der Waals surface area contributed by atoms with Gasteiger partial charge in [0, 0.05) is 0 Å². The van der Waals surface area contributed by atoms with Crippen molar-refractivity contribution in [3.63, 3.8) is 0 Å². The molecular weight excluding hydrogens is 326 g/mol. The number of carbonyl (C=O) groups excluding carboxylic acids is 1. The molecular formula is C14H10ClN3O3S. The molecule has 0 atom stereocenters. The Morgan fingerprint density at radius 2 is 1.73 bits per heavy atom. The third-order valence-electron chi connectivity index (χ3n) is 2.71. The van der Waals surface area contributed by atoms with Gasteiger partial charge in [-0.2, -0.15) is 5.26 Å². The zero-order valence-electron chi connectivity index (χ0n) is 11.1. The summed E-state index contributed by atoms with van der Waals surface area (Å²) in [4.78, 5) is 13.6. The van der Waals surface area contributed by atoms with Crippen molar-refractivity contribution in [2.24, 2.45) is 0 Å². The molecule has 0 heterocycles.